The molecule has 0 saturated carbocycles. The number of fused-ring (bicyclic) bond motifs is 1. The normalized spacial score (nSPS) is 10.4. The van der Waals surface area contributed by atoms with E-state index < -0.39 is 0 Å². The van der Waals surface area contributed by atoms with E-state index >= 15 is 0 Å². The van der Waals surface area contributed by atoms with Crippen molar-refractivity contribution in [2.75, 3.05) is 0 Å². The monoisotopic (exact) mass is 236 g/mol. The third-order valence-electron chi connectivity index (χ3n) is 2.60. The maximum atomic E-state index is 8.75. The molecule has 0 aliphatic rings. The Kier molecular flexibility index (Phi) is 2.24. The van der Waals surface area contributed by atoms with Crippen LogP contribution in [0.4, 0.5) is 0 Å². The van der Waals surface area contributed by atoms with Gasteiger partial charge >= 0.3 is 0 Å². The van der Waals surface area contributed by atoms with E-state index in [0.717, 1.165) is 11.3 Å². The van der Waals surface area contributed by atoms with E-state index in [-0.39, 0.29) is 0 Å². The van der Waals surface area contributed by atoms with Crippen LogP contribution in [-0.4, -0.2) is 24.8 Å². The highest BCUT2D eigenvalue weighted by molar-refractivity contribution is 5.59. The summed E-state index contributed by atoms with van der Waals surface area (Å²) in [4.78, 5) is 4.18. The first-order valence-electron chi connectivity index (χ1n) is 5.33. The summed E-state index contributed by atoms with van der Waals surface area (Å²) >= 11 is 0. The number of rotatable bonds is 1. The average Bonchev–Trinajstić information content (AvgIpc) is 2.80. The molecule has 0 amide bonds. The molecule has 0 bridgehead atoms. The van der Waals surface area contributed by atoms with Crippen LogP contribution < -0.4 is 0 Å². The number of aryl methyl sites for hydroxylation is 1. The number of hydrogen-bond donors (Lipinski definition) is 0. The summed E-state index contributed by atoms with van der Waals surface area (Å²) in [6.07, 6.45) is 1.64. The van der Waals surface area contributed by atoms with Crippen molar-refractivity contribution in [2.45, 2.75) is 6.92 Å². The lowest BCUT2D eigenvalue weighted by Crippen LogP contribution is -1.98. The van der Waals surface area contributed by atoms with E-state index in [1.54, 1.807) is 22.8 Å². The zero-order chi connectivity index (χ0) is 12.5. The van der Waals surface area contributed by atoms with Crippen molar-refractivity contribution in [2.24, 2.45) is 0 Å². The summed E-state index contributed by atoms with van der Waals surface area (Å²) in [6, 6.07) is 9.26. The van der Waals surface area contributed by atoms with Crippen molar-refractivity contribution in [3.8, 4) is 17.3 Å². The topological polar surface area (TPSA) is 79.8 Å². The average molecular weight is 236 g/mol. The summed E-state index contributed by atoms with van der Waals surface area (Å²) in [5.74, 6) is 1.16. The van der Waals surface area contributed by atoms with Gasteiger partial charge in [-0.15, -0.1) is 10.2 Å². The van der Waals surface area contributed by atoms with E-state index in [9.17, 15) is 0 Å². The first-order chi connectivity index (χ1) is 8.78. The standard InChI is InChI=1S/C12H8N6/c1-8-15-16-12-14-7-11(17-18(8)12)10-4-2-9(6-13)3-5-10/h2-5,7H,1H3. The zero-order valence-electron chi connectivity index (χ0n) is 9.57. The fraction of sp³-hybridized carbons (Fsp3) is 0.0833. The van der Waals surface area contributed by atoms with Gasteiger partial charge in [0.2, 0.25) is 0 Å². The maximum Gasteiger partial charge on any atom is 0.271 e. The molecule has 6 heteroatoms. The smallest absolute Gasteiger partial charge is 0.216 e. The third kappa shape index (κ3) is 1.58. The molecule has 0 aliphatic heterocycles. The molecule has 6 nitrogen and oxygen atoms in total. The van der Waals surface area contributed by atoms with Gasteiger partial charge in [0.15, 0.2) is 5.82 Å². The zero-order valence-corrected chi connectivity index (χ0v) is 9.57. The van der Waals surface area contributed by atoms with Crippen LogP contribution in [0.25, 0.3) is 17.0 Å². The van der Waals surface area contributed by atoms with E-state index in [0.29, 0.717) is 17.2 Å². The highest BCUT2D eigenvalue weighted by Crippen LogP contribution is 2.16. The fourth-order valence-corrected chi connectivity index (χ4v) is 1.64. The lowest BCUT2D eigenvalue weighted by atomic mass is 10.1. The van der Waals surface area contributed by atoms with Crippen LogP contribution in [0.2, 0.25) is 0 Å². The van der Waals surface area contributed by atoms with Crippen molar-refractivity contribution >= 4 is 5.78 Å². The summed E-state index contributed by atoms with van der Waals surface area (Å²) in [5.41, 5.74) is 2.24. The van der Waals surface area contributed by atoms with Crippen LogP contribution in [0.3, 0.4) is 0 Å². The summed E-state index contributed by atoms with van der Waals surface area (Å²) in [7, 11) is 0. The molecular formula is C12H8N6. The van der Waals surface area contributed by atoms with Gasteiger partial charge in [0.1, 0.15) is 5.69 Å². The molecule has 2 heterocycles. The summed E-state index contributed by atoms with van der Waals surface area (Å²) in [6.45, 7) is 1.82. The van der Waals surface area contributed by atoms with E-state index in [2.05, 4.69) is 26.3 Å². The van der Waals surface area contributed by atoms with Crippen molar-refractivity contribution in [1.29, 1.82) is 5.26 Å². The number of nitriles is 1. The predicted octanol–water partition coefficient (Wildman–Crippen LogP) is 1.37. The Bertz CT molecular complexity index is 750. The van der Waals surface area contributed by atoms with Gasteiger partial charge < -0.3 is 0 Å². The Morgan fingerprint density at radius 1 is 1.17 bits per heavy atom. The predicted molar refractivity (Wildman–Crippen MR) is 63.5 cm³/mol. The molecule has 0 spiro atoms. The highest BCUT2D eigenvalue weighted by Gasteiger charge is 2.06. The molecule has 0 aliphatic carbocycles. The lowest BCUT2D eigenvalue weighted by molar-refractivity contribution is 0.863. The molecule has 3 aromatic rings. The highest BCUT2D eigenvalue weighted by atomic mass is 15.4. The number of benzene rings is 1. The van der Waals surface area contributed by atoms with Gasteiger partial charge in [-0.3, -0.25) is 0 Å². The van der Waals surface area contributed by atoms with Crippen LogP contribution >= 0.6 is 0 Å². The van der Waals surface area contributed by atoms with Crippen molar-refractivity contribution < 1.29 is 0 Å². The molecular weight excluding hydrogens is 228 g/mol. The van der Waals surface area contributed by atoms with Gasteiger partial charge in [0.05, 0.1) is 17.8 Å². The van der Waals surface area contributed by atoms with Crippen LogP contribution in [0.5, 0.6) is 0 Å². The second kappa shape index (κ2) is 3.89. The van der Waals surface area contributed by atoms with Crippen LogP contribution in [-0.2, 0) is 0 Å². The fourth-order valence-electron chi connectivity index (χ4n) is 1.64. The second-order valence-electron chi connectivity index (χ2n) is 3.79. The van der Waals surface area contributed by atoms with Gasteiger partial charge in [-0.2, -0.15) is 14.9 Å². The SMILES string of the molecule is Cc1nnc2ncc(-c3ccc(C#N)cc3)nn12. The molecule has 0 atom stereocenters. The van der Waals surface area contributed by atoms with Gasteiger partial charge in [0, 0.05) is 5.56 Å². The van der Waals surface area contributed by atoms with Crippen molar-refractivity contribution in [3.63, 3.8) is 0 Å². The second-order valence-corrected chi connectivity index (χ2v) is 3.79. The van der Waals surface area contributed by atoms with Crippen LogP contribution in [0, 0.1) is 18.3 Å². The Labute approximate surface area is 103 Å². The molecule has 18 heavy (non-hydrogen) atoms. The minimum atomic E-state index is 0.477. The molecule has 1 aromatic carbocycles. The molecule has 0 radical (unpaired) electrons. The largest absolute Gasteiger partial charge is 0.271 e. The molecule has 0 saturated heterocycles. The molecule has 2 aromatic heterocycles. The quantitative estimate of drug-likeness (QED) is 0.637. The van der Waals surface area contributed by atoms with Crippen LogP contribution in [0.1, 0.15) is 11.4 Å². The van der Waals surface area contributed by atoms with E-state index in [1.165, 1.54) is 0 Å². The minimum absolute atomic E-state index is 0.477. The lowest BCUT2D eigenvalue weighted by Gasteiger charge is -2.01. The van der Waals surface area contributed by atoms with E-state index in [4.69, 9.17) is 5.26 Å². The Balaban J connectivity index is 2.13. The van der Waals surface area contributed by atoms with Crippen molar-refractivity contribution in [3.05, 3.63) is 41.9 Å². The van der Waals surface area contributed by atoms with Gasteiger partial charge in [-0.05, 0) is 19.1 Å². The van der Waals surface area contributed by atoms with Gasteiger partial charge in [0.25, 0.3) is 5.78 Å². The number of nitrogens with zero attached hydrogens (tertiary/aromatic N) is 6. The van der Waals surface area contributed by atoms with Crippen molar-refractivity contribution in [1.82, 2.24) is 24.8 Å². The summed E-state index contributed by atoms with van der Waals surface area (Å²) < 4.78 is 1.59. The maximum absolute atomic E-state index is 8.75. The van der Waals surface area contributed by atoms with Gasteiger partial charge in [-0.25, -0.2) is 4.98 Å². The van der Waals surface area contributed by atoms with Gasteiger partial charge in [-0.1, -0.05) is 12.1 Å². The minimum Gasteiger partial charge on any atom is -0.216 e. The van der Waals surface area contributed by atoms with E-state index in [1.807, 2.05) is 19.1 Å². The molecule has 0 unspecified atom stereocenters. The Morgan fingerprint density at radius 3 is 2.67 bits per heavy atom. The van der Waals surface area contributed by atoms with Crippen LogP contribution in [0.15, 0.2) is 30.5 Å². The number of aromatic nitrogens is 5. The molecule has 3 rings (SSSR count). The number of hydrogen-bond acceptors (Lipinski definition) is 5. The molecule has 0 fully saturated rings. The third-order valence-corrected chi connectivity index (χ3v) is 2.60. The first-order valence-corrected chi connectivity index (χ1v) is 5.33. The Morgan fingerprint density at radius 2 is 1.94 bits per heavy atom. The molecule has 86 valence electrons. The Hall–Kier alpha value is -2.81. The molecule has 0 N–H and O–H groups in total. The summed E-state index contributed by atoms with van der Waals surface area (Å²) in [5, 5.41) is 20.9. The first kappa shape index (κ1) is 10.4.